The standard InChI is InChI=1S/C12H18BrN3OS/c1-11(2,3)9-8(18-16-15-9)10(17)14-7-12(6-13)4-5-12/h4-7H2,1-3H3,(H,14,17). The zero-order valence-electron chi connectivity index (χ0n) is 10.9. The van der Waals surface area contributed by atoms with E-state index in [1.165, 1.54) is 24.4 Å². The van der Waals surface area contributed by atoms with Crippen molar-refractivity contribution in [3.05, 3.63) is 10.6 Å². The van der Waals surface area contributed by atoms with Gasteiger partial charge in [-0.1, -0.05) is 41.2 Å². The number of amides is 1. The Balaban J connectivity index is 2.03. The highest BCUT2D eigenvalue weighted by molar-refractivity contribution is 9.09. The number of halogens is 1. The van der Waals surface area contributed by atoms with Crippen LogP contribution in [0.3, 0.4) is 0 Å². The number of rotatable bonds is 4. The van der Waals surface area contributed by atoms with Crippen LogP contribution in [-0.4, -0.2) is 27.4 Å². The van der Waals surface area contributed by atoms with E-state index in [4.69, 9.17) is 0 Å². The molecule has 1 fully saturated rings. The predicted octanol–water partition coefficient (Wildman–Crippen LogP) is 2.74. The van der Waals surface area contributed by atoms with Gasteiger partial charge >= 0.3 is 0 Å². The highest BCUT2D eigenvalue weighted by Gasteiger charge is 2.41. The fraction of sp³-hybridized carbons (Fsp3) is 0.750. The van der Waals surface area contributed by atoms with Crippen molar-refractivity contribution in [3.8, 4) is 0 Å². The van der Waals surface area contributed by atoms with Crippen LogP contribution in [0.2, 0.25) is 0 Å². The van der Waals surface area contributed by atoms with E-state index in [1.54, 1.807) is 0 Å². The molecule has 1 aliphatic carbocycles. The van der Waals surface area contributed by atoms with Crippen molar-refractivity contribution in [2.24, 2.45) is 5.41 Å². The van der Waals surface area contributed by atoms with E-state index in [9.17, 15) is 4.79 Å². The van der Waals surface area contributed by atoms with Crippen molar-refractivity contribution >= 4 is 33.4 Å². The summed E-state index contributed by atoms with van der Waals surface area (Å²) in [6.45, 7) is 6.86. The molecule has 1 N–H and O–H groups in total. The van der Waals surface area contributed by atoms with Gasteiger partial charge in [-0.2, -0.15) is 0 Å². The summed E-state index contributed by atoms with van der Waals surface area (Å²) in [7, 11) is 0. The second-order valence-corrected chi connectivity index (χ2v) is 7.33. The molecule has 0 spiro atoms. The van der Waals surface area contributed by atoms with Gasteiger partial charge in [0, 0.05) is 17.3 Å². The minimum Gasteiger partial charge on any atom is -0.351 e. The molecular weight excluding hydrogens is 314 g/mol. The van der Waals surface area contributed by atoms with Crippen LogP contribution in [0.4, 0.5) is 0 Å². The molecule has 0 bridgehead atoms. The average molecular weight is 332 g/mol. The van der Waals surface area contributed by atoms with Crippen molar-refractivity contribution in [2.45, 2.75) is 39.0 Å². The average Bonchev–Trinajstić information content (AvgIpc) is 2.90. The maximum atomic E-state index is 12.2. The molecule has 0 atom stereocenters. The van der Waals surface area contributed by atoms with Crippen LogP contribution in [0.1, 0.15) is 49.0 Å². The van der Waals surface area contributed by atoms with Crippen LogP contribution in [-0.2, 0) is 5.41 Å². The molecule has 0 aliphatic heterocycles. The molecule has 1 saturated carbocycles. The molecule has 1 aliphatic rings. The van der Waals surface area contributed by atoms with Crippen LogP contribution in [0.5, 0.6) is 0 Å². The molecule has 0 saturated heterocycles. The van der Waals surface area contributed by atoms with E-state index in [0.29, 0.717) is 4.88 Å². The van der Waals surface area contributed by atoms with Gasteiger partial charge in [0.05, 0.1) is 5.69 Å². The van der Waals surface area contributed by atoms with Crippen LogP contribution in [0, 0.1) is 5.41 Å². The van der Waals surface area contributed by atoms with Gasteiger partial charge in [0.2, 0.25) is 0 Å². The maximum Gasteiger partial charge on any atom is 0.264 e. The molecule has 18 heavy (non-hydrogen) atoms. The van der Waals surface area contributed by atoms with Crippen molar-refractivity contribution < 1.29 is 4.79 Å². The van der Waals surface area contributed by atoms with Crippen molar-refractivity contribution in [1.29, 1.82) is 0 Å². The zero-order chi connectivity index (χ0) is 13.4. The van der Waals surface area contributed by atoms with E-state index in [0.717, 1.165) is 17.6 Å². The lowest BCUT2D eigenvalue weighted by molar-refractivity contribution is 0.0948. The van der Waals surface area contributed by atoms with Gasteiger partial charge in [-0.25, -0.2) is 0 Å². The number of carbonyl (C=O) groups excluding carboxylic acids is 1. The molecule has 6 heteroatoms. The van der Waals surface area contributed by atoms with Gasteiger partial charge in [-0.3, -0.25) is 4.79 Å². The molecule has 0 unspecified atom stereocenters. The Labute approximate surface area is 120 Å². The van der Waals surface area contributed by atoms with E-state index in [-0.39, 0.29) is 16.7 Å². The third kappa shape index (κ3) is 2.91. The second-order valence-electron chi connectivity index (χ2n) is 6.02. The van der Waals surface area contributed by atoms with Crippen molar-refractivity contribution in [1.82, 2.24) is 14.9 Å². The SMILES string of the molecule is CC(C)(C)c1nnsc1C(=O)NCC1(CBr)CC1. The number of nitrogens with one attached hydrogen (secondary N) is 1. The Morgan fingerprint density at radius 1 is 1.50 bits per heavy atom. The number of carbonyl (C=O) groups is 1. The molecule has 4 nitrogen and oxygen atoms in total. The number of hydrogen-bond acceptors (Lipinski definition) is 4. The van der Waals surface area contributed by atoms with E-state index < -0.39 is 0 Å². The number of hydrogen-bond donors (Lipinski definition) is 1. The van der Waals surface area contributed by atoms with Crippen LogP contribution < -0.4 is 5.32 Å². The third-order valence-electron chi connectivity index (χ3n) is 3.27. The van der Waals surface area contributed by atoms with Gasteiger partial charge in [-0.15, -0.1) is 5.10 Å². The fourth-order valence-electron chi connectivity index (χ4n) is 1.71. The lowest BCUT2D eigenvalue weighted by atomic mass is 9.91. The van der Waals surface area contributed by atoms with Gasteiger partial charge in [0.25, 0.3) is 5.91 Å². The summed E-state index contributed by atoms with van der Waals surface area (Å²) in [6, 6.07) is 0. The Hall–Kier alpha value is -0.490. The minimum absolute atomic E-state index is 0.0397. The van der Waals surface area contributed by atoms with Gasteiger partial charge in [0.1, 0.15) is 4.88 Å². The molecule has 100 valence electrons. The quantitative estimate of drug-likeness (QED) is 0.863. The normalized spacial score (nSPS) is 17.6. The molecule has 0 aromatic carbocycles. The summed E-state index contributed by atoms with van der Waals surface area (Å²) in [4.78, 5) is 12.8. The Morgan fingerprint density at radius 2 is 2.17 bits per heavy atom. The Morgan fingerprint density at radius 3 is 2.67 bits per heavy atom. The molecule has 0 radical (unpaired) electrons. The minimum atomic E-state index is -0.146. The molecule has 1 heterocycles. The Kier molecular flexibility index (Phi) is 3.78. The first kappa shape index (κ1) is 13.9. The largest absolute Gasteiger partial charge is 0.351 e. The molecule has 2 rings (SSSR count). The van der Waals surface area contributed by atoms with Crippen molar-refractivity contribution in [3.63, 3.8) is 0 Å². The summed E-state index contributed by atoms with van der Waals surface area (Å²) in [5.41, 5.74) is 0.927. The first-order chi connectivity index (χ1) is 8.38. The summed E-state index contributed by atoms with van der Waals surface area (Å²) in [6.07, 6.45) is 2.37. The number of nitrogens with zero attached hydrogens (tertiary/aromatic N) is 2. The molecule has 1 aromatic rings. The number of alkyl halides is 1. The third-order valence-corrected chi connectivity index (χ3v) is 5.18. The van der Waals surface area contributed by atoms with E-state index in [2.05, 4.69) is 30.8 Å². The fourth-order valence-corrected chi connectivity index (χ4v) is 3.26. The lowest BCUT2D eigenvalue weighted by Crippen LogP contribution is -2.32. The van der Waals surface area contributed by atoms with Crippen molar-refractivity contribution in [2.75, 3.05) is 11.9 Å². The Bertz CT molecular complexity index is 448. The smallest absolute Gasteiger partial charge is 0.264 e. The molecule has 1 aromatic heterocycles. The molecular formula is C12H18BrN3OS. The maximum absolute atomic E-state index is 12.2. The highest BCUT2D eigenvalue weighted by Crippen LogP contribution is 2.46. The topological polar surface area (TPSA) is 54.9 Å². The molecule has 1 amide bonds. The highest BCUT2D eigenvalue weighted by atomic mass is 79.9. The summed E-state index contributed by atoms with van der Waals surface area (Å²) >= 11 is 4.68. The summed E-state index contributed by atoms with van der Waals surface area (Å²) < 4.78 is 3.91. The first-order valence-corrected chi connectivity index (χ1v) is 7.94. The van der Waals surface area contributed by atoms with E-state index >= 15 is 0 Å². The second kappa shape index (κ2) is 4.89. The van der Waals surface area contributed by atoms with Crippen LogP contribution in [0.15, 0.2) is 0 Å². The summed E-state index contributed by atoms with van der Waals surface area (Å²) in [5.74, 6) is -0.0397. The first-order valence-electron chi connectivity index (χ1n) is 6.05. The van der Waals surface area contributed by atoms with E-state index in [1.807, 2.05) is 20.8 Å². The predicted molar refractivity (Wildman–Crippen MR) is 76.4 cm³/mol. The number of aromatic nitrogens is 2. The summed E-state index contributed by atoms with van der Waals surface area (Å²) in [5, 5.41) is 8.05. The van der Waals surface area contributed by atoms with Gasteiger partial charge in [-0.05, 0) is 29.8 Å². The van der Waals surface area contributed by atoms with Gasteiger partial charge < -0.3 is 5.32 Å². The lowest BCUT2D eigenvalue weighted by Gasteiger charge is -2.17. The zero-order valence-corrected chi connectivity index (χ0v) is 13.3. The van der Waals surface area contributed by atoms with Crippen LogP contribution >= 0.6 is 27.5 Å². The van der Waals surface area contributed by atoms with Gasteiger partial charge in [0.15, 0.2) is 0 Å². The van der Waals surface area contributed by atoms with Crippen LogP contribution in [0.25, 0.3) is 0 Å². The monoisotopic (exact) mass is 331 g/mol.